The number of ether oxygens (including phenoxy) is 2. The summed E-state index contributed by atoms with van der Waals surface area (Å²) < 4.78 is 25.0. The second-order valence-electron chi connectivity index (χ2n) is 7.47. The van der Waals surface area contributed by atoms with Gasteiger partial charge in [0, 0.05) is 33.1 Å². The van der Waals surface area contributed by atoms with Gasteiger partial charge in [-0.1, -0.05) is 11.3 Å². The summed E-state index contributed by atoms with van der Waals surface area (Å²) in [7, 11) is 0. The number of hydrogen-bond acceptors (Lipinski definition) is 8. The highest BCUT2D eigenvalue weighted by Gasteiger charge is 2.33. The molecule has 2 fully saturated rings. The molecule has 2 amide bonds. The summed E-state index contributed by atoms with van der Waals surface area (Å²) >= 11 is 1.39. The lowest BCUT2D eigenvalue weighted by Crippen LogP contribution is -2.46. The number of hydrogen-bond donors (Lipinski definition) is 1. The zero-order chi connectivity index (χ0) is 22.7. The van der Waals surface area contributed by atoms with Crippen molar-refractivity contribution >= 4 is 46.2 Å². The molecular weight excluding hydrogens is 439 g/mol. The van der Waals surface area contributed by atoms with E-state index in [1.54, 1.807) is 18.2 Å². The number of rotatable bonds is 7. The van der Waals surface area contributed by atoms with Crippen LogP contribution in [0, 0.1) is 5.82 Å². The molecule has 2 saturated heterocycles. The van der Waals surface area contributed by atoms with Crippen LogP contribution in [0.5, 0.6) is 5.06 Å². The normalized spacial score (nSPS) is 18.5. The second-order valence-corrected chi connectivity index (χ2v) is 8.49. The van der Waals surface area contributed by atoms with E-state index in [2.05, 4.69) is 10.2 Å². The van der Waals surface area contributed by atoms with Gasteiger partial charge in [-0.3, -0.25) is 14.5 Å². The van der Waals surface area contributed by atoms with Crippen molar-refractivity contribution in [3.05, 3.63) is 36.1 Å². The largest absolute Gasteiger partial charge is 0.442 e. The first-order valence-corrected chi connectivity index (χ1v) is 11.0. The average molecular weight is 463 g/mol. The van der Waals surface area contributed by atoms with E-state index in [1.165, 1.54) is 29.2 Å². The Morgan fingerprint density at radius 1 is 1.25 bits per heavy atom. The fourth-order valence-electron chi connectivity index (χ4n) is 3.78. The van der Waals surface area contributed by atoms with Crippen molar-refractivity contribution < 1.29 is 28.2 Å². The van der Waals surface area contributed by atoms with Gasteiger partial charge in [-0.2, -0.15) is 0 Å². The number of thiophene rings is 1. The van der Waals surface area contributed by atoms with E-state index in [-0.39, 0.29) is 19.0 Å². The molecule has 0 aliphatic carbocycles. The summed E-state index contributed by atoms with van der Waals surface area (Å²) in [6, 6.07) is 8.38. The van der Waals surface area contributed by atoms with Gasteiger partial charge in [0.05, 0.1) is 29.5 Å². The molecule has 1 unspecified atom stereocenters. The molecule has 1 N–H and O–H groups in total. The Morgan fingerprint density at radius 3 is 2.69 bits per heavy atom. The summed E-state index contributed by atoms with van der Waals surface area (Å²) in [5.41, 5.74) is 0.897. The van der Waals surface area contributed by atoms with E-state index in [9.17, 15) is 18.8 Å². The quantitative estimate of drug-likeness (QED) is 0.631. The Morgan fingerprint density at radius 2 is 2.00 bits per heavy atom. The number of nitrogens with one attached hydrogen (secondary N) is 1. The number of piperazine rings is 1. The molecule has 4 rings (SSSR count). The van der Waals surface area contributed by atoms with Crippen LogP contribution in [0.2, 0.25) is 0 Å². The molecule has 0 spiro atoms. The van der Waals surface area contributed by atoms with Gasteiger partial charge >= 0.3 is 6.09 Å². The van der Waals surface area contributed by atoms with Crippen molar-refractivity contribution in [1.29, 1.82) is 0 Å². The molecule has 32 heavy (non-hydrogen) atoms. The maximum Gasteiger partial charge on any atom is 0.414 e. The molecule has 2 aliphatic heterocycles. The van der Waals surface area contributed by atoms with Crippen LogP contribution in [0.15, 0.2) is 30.3 Å². The van der Waals surface area contributed by atoms with Gasteiger partial charge in [0.25, 0.3) is 6.47 Å². The topological polar surface area (TPSA) is 91.4 Å². The van der Waals surface area contributed by atoms with Crippen molar-refractivity contribution in [2.24, 2.45) is 0 Å². The van der Waals surface area contributed by atoms with Crippen LogP contribution in [0.4, 0.5) is 25.6 Å². The van der Waals surface area contributed by atoms with Crippen LogP contribution in [-0.4, -0.2) is 63.8 Å². The van der Waals surface area contributed by atoms with Crippen molar-refractivity contribution in [3.8, 4) is 5.06 Å². The fraction of sp³-hybridized carbons (Fsp3) is 0.381. The van der Waals surface area contributed by atoms with Gasteiger partial charge in [-0.05, 0) is 30.3 Å². The third-order valence-electron chi connectivity index (χ3n) is 5.36. The SMILES string of the molecule is CC(=O)NCC1CN(c2ccc(N3CCN(c4ccc(OC=O)s4)CC3)c(F)c2)C(=O)O1. The molecule has 3 heterocycles. The van der Waals surface area contributed by atoms with Crippen LogP contribution < -0.4 is 24.8 Å². The highest BCUT2D eigenvalue weighted by atomic mass is 32.1. The standard InChI is InChI=1S/C21H23FN4O5S/c1-14(28)23-11-16-12-26(21(29)31-16)15-2-3-18(17(22)10-15)24-6-8-25(9-7-24)19-4-5-20(32-19)30-13-27/h2-5,10,13,16H,6-9,11-12H2,1H3,(H,23,28). The van der Waals surface area contributed by atoms with E-state index in [4.69, 9.17) is 9.47 Å². The Kier molecular flexibility index (Phi) is 6.45. The number of cyclic esters (lactones) is 1. The van der Waals surface area contributed by atoms with E-state index in [0.717, 1.165) is 5.00 Å². The van der Waals surface area contributed by atoms with E-state index >= 15 is 0 Å². The summed E-state index contributed by atoms with van der Waals surface area (Å²) in [4.78, 5) is 39.2. The summed E-state index contributed by atoms with van der Waals surface area (Å²) in [5.74, 6) is -0.615. The van der Waals surface area contributed by atoms with E-state index in [0.29, 0.717) is 49.1 Å². The monoisotopic (exact) mass is 462 g/mol. The Bertz CT molecular complexity index is 1010. The van der Waals surface area contributed by atoms with Gasteiger partial charge in [0.15, 0.2) is 5.06 Å². The molecular formula is C21H23FN4O5S. The minimum absolute atomic E-state index is 0.205. The van der Waals surface area contributed by atoms with Crippen molar-refractivity contribution in [3.63, 3.8) is 0 Å². The zero-order valence-electron chi connectivity index (χ0n) is 17.5. The fourth-order valence-corrected chi connectivity index (χ4v) is 4.65. The molecule has 0 saturated carbocycles. The predicted octanol–water partition coefficient (Wildman–Crippen LogP) is 2.21. The van der Waals surface area contributed by atoms with Crippen molar-refractivity contribution in [2.75, 3.05) is 54.0 Å². The summed E-state index contributed by atoms with van der Waals surface area (Å²) in [6.07, 6.45) is -1.04. The maximum atomic E-state index is 14.9. The lowest BCUT2D eigenvalue weighted by molar-refractivity contribution is -0.120. The molecule has 11 heteroatoms. The van der Waals surface area contributed by atoms with Gasteiger partial charge in [-0.25, -0.2) is 9.18 Å². The van der Waals surface area contributed by atoms with Gasteiger partial charge in [0.2, 0.25) is 5.91 Å². The lowest BCUT2D eigenvalue weighted by Gasteiger charge is -2.36. The van der Waals surface area contributed by atoms with Crippen molar-refractivity contribution in [1.82, 2.24) is 5.32 Å². The second kappa shape index (κ2) is 9.43. The van der Waals surface area contributed by atoms with Gasteiger partial charge in [-0.15, -0.1) is 0 Å². The first-order chi connectivity index (χ1) is 15.4. The van der Waals surface area contributed by atoms with Gasteiger partial charge in [0.1, 0.15) is 11.9 Å². The minimum Gasteiger partial charge on any atom is -0.442 e. The molecule has 0 radical (unpaired) electrons. The van der Waals surface area contributed by atoms with Crippen LogP contribution in [0.25, 0.3) is 0 Å². The van der Waals surface area contributed by atoms with Crippen LogP contribution >= 0.6 is 11.3 Å². The molecule has 170 valence electrons. The molecule has 1 aromatic heterocycles. The van der Waals surface area contributed by atoms with E-state index in [1.807, 2.05) is 11.0 Å². The van der Waals surface area contributed by atoms with Gasteiger partial charge < -0.3 is 24.6 Å². The molecule has 9 nitrogen and oxygen atoms in total. The zero-order valence-corrected chi connectivity index (χ0v) is 18.3. The first-order valence-electron chi connectivity index (χ1n) is 10.2. The van der Waals surface area contributed by atoms with Crippen LogP contribution in [0.3, 0.4) is 0 Å². The summed E-state index contributed by atoms with van der Waals surface area (Å²) in [6.45, 7) is 4.91. The van der Waals surface area contributed by atoms with Crippen LogP contribution in [0.1, 0.15) is 6.92 Å². The number of benzene rings is 1. The molecule has 2 aromatic rings. The number of nitrogens with zero attached hydrogens (tertiary/aromatic N) is 3. The number of anilines is 3. The number of amides is 2. The molecule has 1 atom stereocenters. The smallest absolute Gasteiger partial charge is 0.414 e. The Hall–Kier alpha value is -3.34. The highest BCUT2D eigenvalue weighted by molar-refractivity contribution is 7.17. The number of carbonyl (C=O) groups excluding carboxylic acids is 3. The molecule has 2 aliphatic rings. The Balaban J connectivity index is 1.37. The highest BCUT2D eigenvalue weighted by Crippen LogP contribution is 2.33. The minimum atomic E-state index is -0.560. The van der Waals surface area contributed by atoms with Crippen molar-refractivity contribution in [2.45, 2.75) is 13.0 Å². The lowest BCUT2D eigenvalue weighted by atomic mass is 10.2. The summed E-state index contributed by atoms with van der Waals surface area (Å²) in [5, 5.41) is 4.16. The maximum absolute atomic E-state index is 14.9. The molecule has 1 aromatic carbocycles. The molecule has 0 bridgehead atoms. The average Bonchev–Trinajstić information content (AvgIpc) is 3.39. The third-order valence-corrected chi connectivity index (χ3v) is 6.40. The Labute approximate surface area is 188 Å². The number of halogens is 1. The first kappa shape index (κ1) is 21.9. The third kappa shape index (κ3) is 4.77. The predicted molar refractivity (Wildman–Crippen MR) is 118 cm³/mol. The van der Waals surface area contributed by atoms with Crippen LogP contribution in [-0.2, 0) is 14.3 Å². The number of carbonyl (C=O) groups is 3. The van der Waals surface area contributed by atoms with E-state index < -0.39 is 18.0 Å².